The molecule has 2 amide bonds. The first-order valence-corrected chi connectivity index (χ1v) is 7.57. The second kappa shape index (κ2) is 8.08. The fourth-order valence-electron chi connectivity index (χ4n) is 2.26. The highest BCUT2D eigenvalue weighted by molar-refractivity contribution is 5.95. The third-order valence-corrected chi connectivity index (χ3v) is 3.58. The molecule has 0 aliphatic rings. The van der Waals surface area contributed by atoms with Gasteiger partial charge in [0.05, 0.1) is 12.2 Å². The molecule has 0 radical (unpaired) electrons. The Morgan fingerprint density at radius 1 is 1.13 bits per heavy atom. The molecule has 1 aromatic carbocycles. The molecular formula is C18H21N3O2. The fourth-order valence-corrected chi connectivity index (χ4v) is 2.26. The van der Waals surface area contributed by atoms with Crippen molar-refractivity contribution in [3.05, 3.63) is 65.5 Å². The van der Waals surface area contributed by atoms with Gasteiger partial charge in [0.25, 0.3) is 5.91 Å². The Hall–Kier alpha value is -2.69. The van der Waals surface area contributed by atoms with E-state index < -0.39 is 0 Å². The summed E-state index contributed by atoms with van der Waals surface area (Å²) in [5.74, 6) is -0.162. The molecule has 2 aromatic rings. The summed E-state index contributed by atoms with van der Waals surface area (Å²) in [7, 11) is 0. The lowest BCUT2D eigenvalue weighted by molar-refractivity contribution is -0.129. The van der Waals surface area contributed by atoms with Gasteiger partial charge in [0.15, 0.2) is 0 Å². The number of hydrogen-bond donors (Lipinski definition) is 1. The summed E-state index contributed by atoms with van der Waals surface area (Å²) in [6, 6.07) is 13.0. The highest BCUT2D eigenvalue weighted by Crippen LogP contribution is 2.06. The molecule has 1 heterocycles. The molecule has 120 valence electrons. The van der Waals surface area contributed by atoms with Gasteiger partial charge in [-0.25, -0.2) is 0 Å². The van der Waals surface area contributed by atoms with Crippen LogP contribution in [0.15, 0.2) is 48.7 Å². The normalized spacial score (nSPS) is 10.2. The molecule has 5 nitrogen and oxygen atoms in total. The van der Waals surface area contributed by atoms with Crippen molar-refractivity contribution >= 4 is 11.8 Å². The van der Waals surface area contributed by atoms with Crippen LogP contribution in [0.5, 0.6) is 0 Å². The number of nitrogens with zero attached hydrogens (tertiary/aromatic N) is 2. The minimum Gasteiger partial charge on any atom is -0.350 e. The van der Waals surface area contributed by atoms with E-state index in [0.717, 1.165) is 11.3 Å². The van der Waals surface area contributed by atoms with E-state index in [9.17, 15) is 9.59 Å². The fraction of sp³-hybridized carbons (Fsp3) is 0.278. The molecule has 1 N–H and O–H groups in total. The largest absolute Gasteiger partial charge is 0.350 e. The van der Waals surface area contributed by atoms with E-state index >= 15 is 0 Å². The second-order valence-electron chi connectivity index (χ2n) is 5.33. The van der Waals surface area contributed by atoms with Gasteiger partial charge in [-0.15, -0.1) is 0 Å². The van der Waals surface area contributed by atoms with E-state index in [4.69, 9.17) is 0 Å². The van der Waals surface area contributed by atoms with Gasteiger partial charge in [0.2, 0.25) is 5.91 Å². The number of rotatable bonds is 6. The molecule has 0 atom stereocenters. The number of nitrogens with one attached hydrogen (secondary N) is 1. The molecule has 0 spiro atoms. The average Bonchev–Trinajstić information content (AvgIpc) is 2.55. The van der Waals surface area contributed by atoms with E-state index in [0.29, 0.717) is 25.2 Å². The van der Waals surface area contributed by atoms with Crippen molar-refractivity contribution in [1.29, 1.82) is 0 Å². The van der Waals surface area contributed by atoms with Crippen LogP contribution in [-0.4, -0.2) is 34.8 Å². The first kappa shape index (κ1) is 16.7. The molecule has 0 aliphatic carbocycles. The predicted molar refractivity (Wildman–Crippen MR) is 88.8 cm³/mol. The molecule has 23 heavy (non-hydrogen) atoms. The Kier molecular flexibility index (Phi) is 5.86. The Labute approximate surface area is 136 Å². The van der Waals surface area contributed by atoms with Gasteiger partial charge in [0, 0.05) is 31.8 Å². The lowest BCUT2D eigenvalue weighted by Gasteiger charge is -2.21. The molecule has 0 saturated carbocycles. The lowest BCUT2D eigenvalue weighted by Crippen LogP contribution is -2.37. The van der Waals surface area contributed by atoms with Gasteiger partial charge in [-0.1, -0.05) is 24.3 Å². The highest BCUT2D eigenvalue weighted by Gasteiger charge is 2.12. The van der Waals surface area contributed by atoms with Crippen molar-refractivity contribution in [2.75, 3.05) is 13.1 Å². The van der Waals surface area contributed by atoms with Crippen LogP contribution in [0.4, 0.5) is 0 Å². The first-order chi connectivity index (χ1) is 11.1. The zero-order chi connectivity index (χ0) is 16.7. The number of carbonyl (C=O) groups is 2. The number of hydrogen-bond acceptors (Lipinski definition) is 3. The molecule has 0 bridgehead atoms. The maximum atomic E-state index is 12.1. The summed E-state index contributed by atoms with van der Waals surface area (Å²) in [6.07, 6.45) is 1.70. The highest BCUT2D eigenvalue weighted by atomic mass is 16.2. The number of carbonyl (C=O) groups excluding carboxylic acids is 2. The number of amides is 2. The third-order valence-electron chi connectivity index (χ3n) is 3.58. The summed E-state index contributed by atoms with van der Waals surface area (Å²) in [6.45, 7) is 4.71. The summed E-state index contributed by atoms with van der Waals surface area (Å²) < 4.78 is 0. The van der Waals surface area contributed by atoms with Crippen molar-refractivity contribution in [2.45, 2.75) is 20.4 Å². The van der Waals surface area contributed by atoms with E-state index in [2.05, 4.69) is 10.3 Å². The van der Waals surface area contributed by atoms with Gasteiger partial charge in [-0.05, 0) is 30.7 Å². The van der Waals surface area contributed by atoms with Crippen LogP contribution in [0.2, 0.25) is 0 Å². The minimum absolute atomic E-state index is 0.0409. The van der Waals surface area contributed by atoms with Gasteiger partial charge < -0.3 is 10.2 Å². The van der Waals surface area contributed by atoms with E-state index in [1.54, 1.807) is 17.2 Å². The second-order valence-corrected chi connectivity index (χ2v) is 5.33. The lowest BCUT2D eigenvalue weighted by atomic mass is 10.1. The van der Waals surface area contributed by atoms with Crippen LogP contribution in [0.1, 0.15) is 28.5 Å². The zero-order valence-corrected chi connectivity index (χ0v) is 13.5. The minimum atomic E-state index is -0.121. The summed E-state index contributed by atoms with van der Waals surface area (Å²) >= 11 is 0. The smallest absolute Gasteiger partial charge is 0.251 e. The standard InChI is InChI=1S/C18H21N3O2/c1-14-7-3-4-9-17(14)18(23)20-11-12-21(15(2)22)13-16-8-5-6-10-19-16/h3-10H,11-13H2,1-2H3,(H,20,23). The number of benzene rings is 1. The molecule has 5 heteroatoms. The predicted octanol–water partition coefficient (Wildman–Crippen LogP) is 2.17. The Morgan fingerprint density at radius 2 is 1.87 bits per heavy atom. The quantitative estimate of drug-likeness (QED) is 0.889. The van der Waals surface area contributed by atoms with E-state index in [1.807, 2.05) is 43.3 Å². The Balaban J connectivity index is 1.88. The number of pyridine rings is 1. The van der Waals surface area contributed by atoms with Gasteiger partial charge >= 0.3 is 0 Å². The molecular weight excluding hydrogens is 290 g/mol. The van der Waals surface area contributed by atoms with Crippen LogP contribution in [0.25, 0.3) is 0 Å². The van der Waals surface area contributed by atoms with Gasteiger partial charge in [-0.2, -0.15) is 0 Å². The van der Waals surface area contributed by atoms with Crippen LogP contribution in [-0.2, 0) is 11.3 Å². The van der Waals surface area contributed by atoms with Crippen molar-refractivity contribution in [3.8, 4) is 0 Å². The van der Waals surface area contributed by atoms with Crippen LogP contribution in [0.3, 0.4) is 0 Å². The molecule has 0 aliphatic heterocycles. The number of aryl methyl sites for hydroxylation is 1. The van der Waals surface area contributed by atoms with Crippen LogP contribution < -0.4 is 5.32 Å². The van der Waals surface area contributed by atoms with Crippen LogP contribution in [0, 0.1) is 6.92 Å². The zero-order valence-electron chi connectivity index (χ0n) is 13.5. The molecule has 0 saturated heterocycles. The van der Waals surface area contributed by atoms with Crippen LogP contribution >= 0.6 is 0 Å². The Bertz CT molecular complexity index is 671. The SMILES string of the molecule is CC(=O)N(CCNC(=O)c1ccccc1C)Cc1ccccn1. The molecule has 1 aromatic heterocycles. The van der Waals surface area contributed by atoms with Gasteiger partial charge in [-0.3, -0.25) is 14.6 Å². The molecule has 0 fully saturated rings. The topological polar surface area (TPSA) is 62.3 Å². The molecule has 0 unspecified atom stereocenters. The first-order valence-electron chi connectivity index (χ1n) is 7.57. The van der Waals surface area contributed by atoms with Crippen molar-refractivity contribution < 1.29 is 9.59 Å². The third kappa shape index (κ3) is 4.92. The summed E-state index contributed by atoms with van der Waals surface area (Å²) in [5.41, 5.74) is 2.42. The van der Waals surface area contributed by atoms with E-state index in [-0.39, 0.29) is 11.8 Å². The van der Waals surface area contributed by atoms with Gasteiger partial charge in [0.1, 0.15) is 0 Å². The maximum Gasteiger partial charge on any atom is 0.251 e. The Morgan fingerprint density at radius 3 is 2.52 bits per heavy atom. The van der Waals surface area contributed by atoms with Crippen molar-refractivity contribution in [2.24, 2.45) is 0 Å². The monoisotopic (exact) mass is 311 g/mol. The van der Waals surface area contributed by atoms with Crippen molar-refractivity contribution in [3.63, 3.8) is 0 Å². The summed E-state index contributed by atoms with van der Waals surface area (Å²) in [5, 5.41) is 2.86. The number of aromatic nitrogens is 1. The summed E-state index contributed by atoms with van der Waals surface area (Å²) in [4.78, 5) is 29.8. The van der Waals surface area contributed by atoms with E-state index in [1.165, 1.54) is 6.92 Å². The average molecular weight is 311 g/mol. The van der Waals surface area contributed by atoms with Crippen molar-refractivity contribution in [1.82, 2.24) is 15.2 Å². The molecule has 2 rings (SSSR count). The maximum absolute atomic E-state index is 12.1.